The van der Waals surface area contributed by atoms with Crippen LogP contribution in [0.3, 0.4) is 0 Å². The lowest BCUT2D eigenvalue weighted by molar-refractivity contribution is 0.318. The summed E-state index contributed by atoms with van der Waals surface area (Å²) in [4.78, 5) is 0. The molecule has 0 aromatic rings. The van der Waals surface area contributed by atoms with Crippen LogP contribution in [0.25, 0.3) is 0 Å². The van der Waals surface area contributed by atoms with Gasteiger partial charge in [-0.25, -0.2) is 0 Å². The number of hydrogen-bond acceptors (Lipinski definition) is 1. The van der Waals surface area contributed by atoms with E-state index in [4.69, 9.17) is 0 Å². The first-order chi connectivity index (χ1) is 9.31. The summed E-state index contributed by atoms with van der Waals surface area (Å²) in [6.07, 6.45) is 15.9. The van der Waals surface area contributed by atoms with Gasteiger partial charge in [0, 0.05) is 6.04 Å². The first-order valence-electron chi connectivity index (χ1n) is 9.05. The fourth-order valence-corrected chi connectivity index (χ4v) is 3.80. The first kappa shape index (κ1) is 17.0. The van der Waals surface area contributed by atoms with Crippen LogP contribution in [0.5, 0.6) is 0 Å². The smallest absolute Gasteiger partial charge is 0.00952 e. The lowest BCUT2D eigenvalue weighted by Crippen LogP contribution is -2.35. The van der Waals surface area contributed by atoms with Gasteiger partial charge in [-0.2, -0.15) is 0 Å². The van der Waals surface area contributed by atoms with Crippen molar-refractivity contribution in [3.63, 3.8) is 0 Å². The molecule has 0 bridgehead atoms. The second-order valence-corrected chi connectivity index (χ2v) is 6.56. The molecule has 0 saturated heterocycles. The molecule has 1 aliphatic carbocycles. The van der Waals surface area contributed by atoms with E-state index in [1.54, 1.807) is 0 Å². The van der Waals surface area contributed by atoms with Crippen molar-refractivity contribution in [3.8, 4) is 0 Å². The van der Waals surface area contributed by atoms with Crippen molar-refractivity contribution < 1.29 is 0 Å². The Morgan fingerprint density at radius 2 is 1.63 bits per heavy atom. The number of rotatable bonds is 11. The summed E-state index contributed by atoms with van der Waals surface area (Å²) in [5.74, 6) is 1.97. The zero-order chi connectivity index (χ0) is 13.9. The molecule has 0 heterocycles. The first-order valence-corrected chi connectivity index (χ1v) is 9.05. The van der Waals surface area contributed by atoms with E-state index in [0.29, 0.717) is 0 Å². The summed E-state index contributed by atoms with van der Waals surface area (Å²) < 4.78 is 0. The third kappa shape index (κ3) is 6.79. The highest BCUT2D eigenvalue weighted by Crippen LogP contribution is 2.30. The summed E-state index contributed by atoms with van der Waals surface area (Å²) >= 11 is 0. The molecule has 1 heteroatoms. The van der Waals surface area contributed by atoms with Crippen LogP contribution in [0.2, 0.25) is 0 Å². The van der Waals surface area contributed by atoms with Crippen molar-refractivity contribution >= 4 is 0 Å². The molecule has 2 atom stereocenters. The lowest BCUT2D eigenvalue weighted by atomic mass is 9.89. The third-order valence-electron chi connectivity index (χ3n) is 5.11. The second-order valence-electron chi connectivity index (χ2n) is 6.56. The summed E-state index contributed by atoms with van der Waals surface area (Å²) in [6.45, 7) is 8.10. The molecule has 0 aromatic heterocycles. The SMILES string of the molecule is CCCCC(CC)CCCC(NCC)C1CCCC1. The highest BCUT2D eigenvalue weighted by Gasteiger charge is 2.23. The van der Waals surface area contributed by atoms with Gasteiger partial charge in [0.15, 0.2) is 0 Å². The molecular weight excluding hydrogens is 230 g/mol. The minimum absolute atomic E-state index is 0.816. The molecule has 1 N–H and O–H groups in total. The van der Waals surface area contributed by atoms with Crippen LogP contribution in [0, 0.1) is 11.8 Å². The van der Waals surface area contributed by atoms with Crippen LogP contribution < -0.4 is 5.32 Å². The maximum atomic E-state index is 3.76. The van der Waals surface area contributed by atoms with Crippen molar-refractivity contribution in [2.75, 3.05) is 6.54 Å². The zero-order valence-electron chi connectivity index (χ0n) is 13.7. The Morgan fingerprint density at radius 1 is 0.947 bits per heavy atom. The van der Waals surface area contributed by atoms with Crippen molar-refractivity contribution in [2.24, 2.45) is 11.8 Å². The predicted octanol–water partition coefficient (Wildman–Crippen LogP) is 5.54. The second kappa shape index (κ2) is 10.7. The van der Waals surface area contributed by atoms with Gasteiger partial charge >= 0.3 is 0 Å². The molecule has 19 heavy (non-hydrogen) atoms. The zero-order valence-corrected chi connectivity index (χ0v) is 13.7. The topological polar surface area (TPSA) is 12.0 Å². The summed E-state index contributed by atoms with van der Waals surface area (Å²) in [6, 6.07) is 0.816. The van der Waals surface area contributed by atoms with Crippen LogP contribution in [0.1, 0.15) is 91.4 Å². The fourth-order valence-electron chi connectivity index (χ4n) is 3.80. The molecule has 0 radical (unpaired) electrons. The van der Waals surface area contributed by atoms with Crippen LogP contribution in [-0.4, -0.2) is 12.6 Å². The van der Waals surface area contributed by atoms with Crippen molar-refractivity contribution in [1.29, 1.82) is 0 Å². The quantitative estimate of drug-likeness (QED) is 0.518. The summed E-state index contributed by atoms with van der Waals surface area (Å²) in [7, 11) is 0. The van der Waals surface area contributed by atoms with E-state index in [-0.39, 0.29) is 0 Å². The number of hydrogen-bond donors (Lipinski definition) is 1. The van der Waals surface area contributed by atoms with E-state index in [2.05, 4.69) is 26.1 Å². The molecule has 1 nitrogen and oxygen atoms in total. The molecule has 1 saturated carbocycles. The minimum Gasteiger partial charge on any atom is -0.314 e. The van der Waals surface area contributed by atoms with Crippen LogP contribution in [0.4, 0.5) is 0 Å². The van der Waals surface area contributed by atoms with Crippen LogP contribution in [0.15, 0.2) is 0 Å². The van der Waals surface area contributed by atoms with Crippen molar-refractivity contribution in [1.82, 2.24) is 5.32 Å². The van der Waals surface area contributed by atoms with Gasteiger partial charge in [0.1, 0.15) is 0 Å². The van der Waals surface area contributed by atoms with E-state index in [1.807, 2.05) is 0 Å². The maximum Gasteiger partial charge on any atom is 0.00952 e. The van der Waals surface area contributed by atoms with Gasteiger partial charge < -0.3 is 5.32 Å². The van der Waals surface area contributed by atoms with E-state index < -0.39 is 0 Å². The number of unbranched alkanes of at least 4 members (excludes halogenated alkanes) is 1. The van der Waals surface area contributed by atoms with E-state index >= 15 is 0 Å². The van der Waals surface area contributed by atoms with Crippen molar-refractivity contribution in [2.45, 2.75) is 97.4 Å². The molecule has 2 unspecified atom stereocenters. The Hall–Kier alpha value is -0.0400. The van der Waals surface area contributed by atoms with Gasteiger partial charge in [-0.3, -0.25) is 0 Å². The van der Waals surface area contributed by atoms with E-state index in [1.165, 1.54) is 70.6 Å². The Kier molecular flexibility index (Phi) is 9.59. The van der Waals surface area contributed by atoms with Gasteiger partial charge in [0.25, 0.3) is 0 Å². The van der Waals surface area contributed by atoms with Gasteiger partial charge in [-0.1, -0.05) is 72.1 Å². The predicted molar refractivity (Wildman–Crippen MR) is 86.6 cm³/mol. The van der Waals surface area contributed by atoms with Gasteiger partial charge in [0.05, 0.1) is 0 Å². The average Bonchev–Trinajstić information content (AvgIpc) is 2.95. The average molecular weight is 268 g/mol. The molecule has 1 rings (SSSR count). The van der Waals surface area contributed by atoms with Crippen molar-refractivity contribution in [3.05, 3.63) is 0 Å². The number of nitrogens with one attached hydrogen (secondary N) is 1. The molecule has 0 aliphatic heterocycles. The summed E-state index contributed by atoms with van der Waals surface area (Å²) in [5, 5.41) is 3.76. The molecule has 0 spiro atoms. The highest BCUT2D eigenvalue weighted by molar-refractivity contribution is 4.80. The Morgan fingerprint density at radius 3 is 2.21 bits per heavy atom. The Labute approximate surface area is 121 Å². The van der Waals surface area contributed by atoms with Crippen LogP contribution >= 0.6 is 0 Å². The maximum absolute atomic E-state index is 3.76. The lowest BCUT2D eigenvalue weighted by Gasteiger charge is -2.25. The van der Waals surface area contributed by atoms with Crippen LogP contribution in [-0.2, 0) is 0 Å². The Balaban J connectivity index is 2.22. The minimum atomic E-state index is 0.816. The molecule has 0 aromatic carbocycles. The van der Waals surface area contributed by atoms with E-state index in [9.17, 15) is 0 Å². The molecule has 0 amide bonds. The third-order valence-corrected chi connectivity index (χ3v) is 5.11. The highest BCUT2D eigenvalue weighted by atomic mass is 14.9. The molecule has 1 aliphatic rings. The largest absolute Gasteiger partial charge is 0.314 e. The van der Waals surface area contributed by atoms with Gasteiger partial charge in [-0.05, 0) is 37.6 Å². The monoisotopic (exact) mass is 267 g/mol. The van der Waals surface area contributed by atoms with Gasteiger partial charge in [-0.15, -0.1) is 0 Å². The fraction of sp³-hybridized carbons (Fsp3) is 1.00. The van der Waals surface area contributed by atoms with E-state index in [0.717, 1.165) is 24.4 Å². The van der Waals surface area contributed by atoms with Gasteiger partial charge in [0.2, 0.25) is 0 Å². The molecule has 1 fully saturated rings. The Bertz CT molecular complexity index is 196. The standard InChI is InChI=1S/C18H37N/c1-4-7-11-16(5-2)12-10-15-18(19-6-3)17-13-8-9-14-17/h16-19H,4-15H2,1-3H3. The molecule has 114 valence electrons. The summed E-state index contributed by atoms with van der Waals surface area (Å²) in [5.41, 5.74) is 0. The molecular formula is C18H37N. The normalized spacial score (nSPS) is 19.7.